The van der Waals surface area contributed by atoms with Gasteiger partial charge in [0.2, 0.25) is 6.79 Å². The summed E-state index contributed by atoms with van der Waals surface area (Å²) in [4.78, 5) is 30.3. The summed E-state index contributed by atoms with van der Waals surface area (Å²) in [6.45, 7) is 3.04. The van der Waals surface area contributed by atoms with Crippen molar-refractivity contribution in [1.82, 2.24) is 9.88 Å². The summed E-state index contributed by atoms with van der Waals surface area (Å²) in [5.74, 6) is 0.783. The monoisotopic (exact) mass is 529 g/mol. The van der Waals surface area contributed by atoms with Crippen LogP contribution < -0.4 is 20.3 Å². The van der Waals surface area contributed by atoms with Crippen molar-refractivity contribution >= 4 is 39.9 Å². The molecule has 1 aliphatic rings. The second-order valence-corrected chi connectivity index (χ2v) is 9.37. The van der Waals surface area contributed by atoms with E-state index in [4.69, 9.17) is 26.4 Å². The molecule has 2 heterocycles. The van der Waals surface area contributed by atoms with Crippen LogP contribution in [0, 0.1) is 6.92 Å². The van der Waals surface area contributed by atoms with Gasteiger partial charge in [-0.1, -0.05) is 36.4 Å². The number of hydrogen-bond donors (Lipinski definition) is 2. The van der Waals surface area contributed by atoms with E-state index in [1.54, 1.807) is 24.3 Å². The van der Waals surface area contributed by atoms with Crippen molar-refractivity contribution in [3.63, 3.8) is 0 Å². The Kier molecular flexibility index (Phi) is 7.28. The topological polar surface area (TPSA) is 92.9 Å². The highest BCUT2D eigenvalue weighted by Gasteiger charge is 2.19. The largest absolute Gasteiger partial charge is 0.465 e. The van der Waals surface area contributed by atoms with Crippen LogP contribution in [0.2, 0.25) is 0 Å². The summed E-state index contributed by atoms with van der Waals surface area (Å²) in [5, 5.41) is 4.42. The van der Waals surface area contributed by atoms with Crippen LogP contribution >= 0.6 is 12.2 Å². The number of benzene rings is 3. The number of nitrogens with zero attached hydrogens (tertiary/aromatic N) is 1. The van der Waals surface area contributed by atoms with Gasteiger partial charge in [-0.05, 0) is 61.0 Å². The number of H-pyrrole nitrogens is 1. The number of carbonyl (C=O) groups is 1. The summed E-state index contributed by atoms with van der Waals surface area (Å²) in [7, 11) is 1.34. The third kappa shape index (κ3) is 5.33. The average Bonchev–Trinajstić information content (AvgIpc) is 3.38. The van der Waals surface area contributed by atoms with Crippen LogP contribution in [-0.4, -0.2) is 41.4 Å². The molecule has 0 spiro atoms. The Morgan fingerprint density at radius 3 is 2.58 bits per heavy atom. The molecule has 1 aliphatic heterocycles. The van der Waals surface area contributed by atoms with Crippen molar-refractivity contribution in [2.75, 3.05) is 25.8 Å². The molecule has 4 aromatic rings. The van der Waals surface area contributed by atoms with E-state index in [1.807, 2.05) is 35.2 Å². The summed E-state index contributed by atoms with van der Waals surface area (Å²) in [6, 6.07) is 20.7. The van der Waals surface area contributed by atoms with Crippen LogP contribution in [0.3, 0.4) is 0 Å². The Bertz CT molecular complexity index is 1580. The number of para-hydroxylation sites is 1. The van der Waals surface area contributed by atoms with Crippen LogP contribution in [0.4, 0.5) is 5.69 Å². The molecule has 8 nitrogen and oxygen atoms in total. The molecular formula is C29H27N3O5S. The maximum Gasteiger partial charge on any atom is 0.339 e. The second-order valence-electron chi connectivity index (χ2n) is 8.98. The molecule has 1 aromatic heterocycles. The van der Waals surface area contributed by atoms with Crippen LogP contribution in [0.15, 0.2) is 71.5 Å². The average molecular weight is 530 g/mol. The lowest BCUT2D eigenvalue weighted by atomic mass is 10.1. The van der Waals surface area contributed by atoms with Gasteiger partial charge in [0.1, 0.15) is 0 Å². The number of rotatable bonds is 7. The summed E-state index contributed by atoms with van der Waals surface area (Å²) in [5.41, 5.74) is 4.28. The highest BCUT2D eigenvalue weighted by Crippen LogP contribution is 2.35. The van der Waals surface area contributed by atoms with E-state index >= 15 is 0 Å². The molecule has 194 valence electrons. The van der Waals surface area contributed by atoms with E-state index in [2.05, 4.69) is 29.4 Å². The van der Waals surface area contributed by atoms with E-state index in [9.17, 15) is 9.59 Å². The molecule has 5 rings (SSSR count). The van der Waals surface area contributed by atoms with E-state index in [1.165, 1.54) is 18.2 Å². The molecule has 9 heteroatoms. The quantitative estimate of drug-likeness (QED) is 0.261. The Morgan fingerprint density at radius 2 is 1.79 bits per heavy atom. The van der Waals surface area contributed by atoms with E-state index in [-0.39, 0.29) is 18.9 Å². The maximum absolute atomic E-state index is 13.1. The first-order valence-corrected chi connectivity index (χ1v) is 12.6. The SMILES string of the molecule is COC(=O)c1ccccc1NC(=S)N(CCc1ccccc1C)Cc1cc2cc3c(cc2[nH]c1=O)OCO3. The molecule has 0 saturated carbocycles. The minimum Gasteiger partial charge on any atom is -0.465 e. The number of thiocarbonyl (C=S) groups is 1. The van der Waals surface area contributed by atoms with E-state index in [0.29, 0.717) is 45.5 Å². The fourth-order valence-electron chi connectivity index (χ4n) is 4.44. The van der Waals surface area contributed by atoms with Crippen molar-refractivity contribution in [1.29, 1.82) is 0 Å². The smallest absolute Gasteiger partial charge is 0.339 e. The molecular weight excluding hydrogens is 502 g/mol. The van der Waals surface area contributed by atoms with Gasteiger partial charge in [0.05, 0.1) is 30.4 Å². The normalized spacial score (nSPS) is 11.8. The van der Waals surface area contributed by atoms with Crippen LogP contribution in [-0.2, 0) is 17.7 Å². The molecule has 0 saturated heterocycles. The molecule has 3 aromatic carbocycles. The standard InChI is InChI=1S/C29H27N3O5S/c1-18-7-3-4-8-19(18)11-12-32(29(38)31-23-10-6-5-9-22(23)28(34)35-2)16-21-13-20-14-25-26(37-17-36-25)15-24(20)30-27(21)33/h3-10,13-15H,11-12,16-17H2,1-2H3,(H,30,33)(H,31,38). The van der Waals surface area contributed by atoms with Crippen molar-refractivity contribution in [3.8, 4) is 11.5 Å². The lowest BCUT2D eigenvalue weighted by Gasteiger charge is -2.27. The number of hydrogen-bond acceptors (Lipinski definition) is 6. The highest BCUT2D eigenvalue weighted by molar-refractivity contribution is 7.80. The van der Waals surface area contributed by atoms with Gasteiger partial charge in [0, 0.05) is 23.6 Å². The lowest BCUT2D eigenvalue weighted by molar-refractivity contribution is 0.0602. The molecule has 0 bridgehead atoms. The third-order valence-corrected chi connectivity index (χ3v) is 6.91. The molecule has 0 atom stereocenters. The maximum atomic E-state index is 13.1. The fraction of sp³-hybridized carbons (Fsp3) is 0.207. The molecule has 2 N–H and O–H groups in total. The van der Waals surface area contributed by atoms with Crippen LogP contribution in [0.5, 0.6) is 11.5 Å². The Hall–Kier alpha value is -4.37. The summed E-state index contributed by atoms with van der Waals surface area (Å²) >= 11 is 5.81. The molecule has 0 amide bonds. The van der Waals surface area contributed by atoms with Gasteiger partial charge in [-0.2, -0.15) is 0 Å². The zero-order valence-corrected chi connectivity index (χ0v) is 21.9. The predicted octanol–water partition coefficient (Wildman–Crippen LogP) is 4.79. The Labute approximate surface area is 225 Å². The minimum absolute atomic E-state index is 0.155. The van der Waals surface area contributed by atoms with Gasteiger partial charge in [0.15, 0.2) is 16.6 Å². The van der Waals surface area contributed by atoms with E-state index < -0.39 is 5.97 Å². The first-order valence-electron chi connectivity index (χ1n) is 12.2. The number of ether oxygens (including phenoxy) is 3. The highest BCUT2D eigenvalue weighted by atomic mass is 32.1. The minimum atomic E-state index is -0.466. The summed E-state index contributed by atoms with van der Waals surface area (Å²) in [6.07, 6.45) is 0.720. The number of pyridine rings is 1. The number of nitrogens with one attached hydrogen (secondary N) is 2. The van der Waals surface area contributed by atoms with Crippen molar-refractivity contribution < 1.29 is 19.0 Å². The van der Waals surface area contributed by atoms with Crippen molar-refractivity contribution in [2.24, 2.45) is 0 Å². The van der Waals surface area contributed by atoms with Gasteiger partial charge in [-0.15, -0.1) is 0 Å². The van der Waals surface area contributed by atoms with Crippen LogP contribution in [0.25, 0.3) is 10.9 Å². The number of aryl methyl sites for hydroxylation is 1. The molecule has 38 heavy (non-hydrogen) atoms. The van der Waals surface area contributed by atoms with Crippen LogP contribution in [0.1, 0.15) is 27.0 Å². The second kappa shape index (κ2) is 10.9. The molecule has 0 radical (unpaired) electrons. The summed E-state index contributed by atoms with van der Waals surface area (Å²) < 4.78 is 15.9. The van der Waals surface area contributed by atoms with E-state index in [0.717, 1.165) is 11.8 Å². The predicted molar refractivity (Wildman–Crippen MR) is 150 cm³/mol. The van der Waals surface area contributed by atoms with Gasteiger partial charge in [-0.3, -0.25) is 4.79 Å². The molecule has 0 aliphatic carbocycles. The Balaban J connectivity index is 1.45. The molecule has 0 unspecified atom stereocenters. The first-order chi connectivity index (χ1) is 18.4. The van der Waals surface area contributed by atoms with Gasteiger partial charge < -0.3 is 29.4 Å². The number of aromatic nitrogens is 1. The fourth-order valence-corrected chi connectivity index (χ4v) is 4.70. The van der Waals surface area contributed by atoms with Crippen molar-refractivity contribution in [2.45, 2.75) is 19.9 Å². The van der Waals surface area contributed by atoms with Gasteiger partial charge in [0.25, 0.3) is 5.56 Å². The third-order valence-electron chi connectivity index (χ3n) is 6.55. The van der Waals surface area contributed by atoms with Gasteiger partial charge in [-0.25, -0.2) is 4.79 Å². The number of anilines is 1. The number of aromatic amines is 1. The van der Waals surface area contributed by atoms with Gasteiger partial charge >= 0.3 is 5.97 Å². The number of methoxy groups -OCH3 is 1. The Morgan fingerprint density at radius 1 is 1.05 bits per heavy atom. The first kappa shape index (κ1) is 25.3. The van der Waals surface area contributed by atoms with Crippen molar-refractivity contribution in [3.05, 3.63) is 99.3 Å². The molecule has 0 fully saturated rings. The number of esters is 1. The lowest BCUT2D eigenvalue weighted by Crippen LogP contribution is -2.37. The zero-order chi connectivity index (χ0) is 26.6. The number of fused-ring (bicyclic) bond motifs is 2. The zero-order valence-electron chi connectivity index (χ0n) is 21.1. The number of carbonyl (C=O) groups excluding carboxylic acids is 1.